The largest absolute Gasteiger partial charge is 0.481 e. The SMILES string of the molecule is CC(Oc1cccc(C#N)c1)C(=O)N(C)C(C)c1ccc(-n2cncn2)cc1. The first-order chi connectivity index (χ1) is 13.5. The standard InChI is InChI=1S/C21H21N5O2/c1-15(18-7-9-19(10-8-18)26-14-23-13-24-26)25(3)21(27)16(2)28-20-6-4-5-17(11-20)12-22/h4-11,13-16H,1-3H3. The summed E-state index contributed by atoms with van der Waals surface area (Å²) in [6.45, 7) is 3.67. The number of hydrogen-bond donors (Lipinski definition) is 0. The number of aromatic nitrogens is 3. The number of nitrogens with zero attached hydrogens (tertiary/aromatic N) is 5. The van der Waals surface area contributed by atoms with Gasteiger partial charge in [0.2, 0.25) is 0 Å². The van der Waals surface area contributed by atoms with Crippen molar-refractivity contribution < 1.29 is 9.53 Å². The molecule has 0 aliphatic heterocycles. The van der Waals surface area contributed by atoms with Crippen LogP contribution in [0.5, 0.6) is 5.75 Å². The zero-order chi connectivity index (χ0) is 20.1. The first-order valence-electron chi connectivity index (χ1n) is 8.88. The predicted octanol–water partition coefficient (Wildman–Crippen LogP) is 3.13. The molecule has 0 radical (unpaired) electrons. The molecule has 2 aromatic carbocycles. The molecule has 2 unspecified atom stereocenters. The Morgan fingerprint density at radius 3 is 2.61 bits per heavy atom. The third-order valence-corrected chi connectivity index (χ3v) is 4.61. The van der Waals surface area contributed by atoms with Gasteiger partial charge in [0.25, 0.3) is 5.91 Å². The number of carbonyl (C=O) groups excluding carboxylic acids is 1. The Labute approximate surface area is 163 Å². The van der Waals surface area contributed by atoms with Crippen molar-refractivity contribution in [3.63, 3.8) is 0 Å². The van der Waals surface area contributed by atoms with Crippen molar-refractivity contribution in [1.82, 2.24) is 19.7 Å². The molecular weight excluding hydrogens is 354 g/mol. The minimum Gasteiger partial charge on any atom is -0.481 e. The van der Waals surface area contributed by atoms with Crippen LogP contribution < -0.4 is 4.74 Å². The molecule has 142 valence electrons. The number of carbonyl (C=O) groups is 1. The Balaban J connectivity index is 1.67. The monoisotopic (exact) mass is 375 g/mol. The van der Waals surface area contributed by atoms with E-state index < -0.39 is 6.10 Å². The van der Waals surface area contributed by atoms with Crippen LogP contribution in [0.15, 0.2) is 61.2 Å². The zero-order valence-corrected chi connectivity index (χ0v) is 16.0. The molecule has 0 N–H and O–H groups in total. The minimum absolute atomic E-state index is 0.131. The summed E-state index contributed by atoms with van der Waals surface area (Å²) in [6, 6.07) is 16.5. The van der Waals surface area contributed by atoms with Gasteiger partial charge in [-0.1, -0.05) is 18.2 Å². The number of nitriles is 1. The number of hydrogen-bond acceptors (Lipinski definition) is 5. The van der Waals surface area contributed by atoms with Gasteiger partial charge in [-0.2, -0.15) is 10.4 Å². The third kappa shape index (κ3) is 4.18. The smallest absolute Gasteiger partial charge is 0.263 e. The fourth-order valence-corrected chi connectivity index (χ4v) is 2.84. The number of ether oxygens (including phenoxy) is 1. The summed E-state index contributed by atoms with van der Waals surface area (Å²) >= 11 is 0. The fourth-order valence-electron chi connectivity index (χ4n) is 2.84. The van der Waals surface area contributed by atoms with Crippen LogP contribution in [-0.2, 0) is 4.79 Å². The van der Waals surface area contributed by atoms with Crippen molar-refractivity contribution >= 4 is 5.91 Å². The van der Waals surface area contributed by atoms with Crippen LogP contribution in [0.25, 0.3) is 5.69 Å². The number of amides is 1. The number of likely N-dealkylation sites (N-methyl/N-ethyl adjacent to an activating group) is 1. The number of rotatable bonds is 6. The lowest BCUT2D eigenvalue weighted by atomic mass is 10.1. The maximum Gasteiger partial charge on any atom is 0.263 e. The van der Waals surface area contributed by atoms with E-state index in [-0.39, 0.29) is 11.9 Å². The van der Waals surface area contributed by atoms with Gasteiger partial charge in [-0.15, -0.1) is 0 Å². The van der Waals surface area contributed by atoms with Gasteiger partial charge in [-0.05, 0) is 49.7 Å². The van der Waals surface area contributed by atoms with E-state index in [0.717, 1.165) is 11.3 Å². The minimum atomic E-state index is -0.671. The molecule has 0 saturated heterocycles. The summed E-state index contributed by atoms with van der Waals surface area (Å²) in [7, 11) is 1.75. The molecule has 2 atom stereocenters. The van der Waals surface area contributed by atoms with E-state index in [1.165, 1.54) is 6.33 Å². The Morgan fingerprint density at radius 1 is 1.21 bits per heavy atom. The predicted molar refractivity (Wildman–Crippen MR) is 104 cm³/mol. The topological polar surface area (TPSA) is 84.0 Å². The van der Waals surface area contributed by atoms with E-state index in [1.54, 1.807) is 54.1 Å². The van der Waals surface area contributed by atoms with Gasteiger partial charge in [-0.3, -0.25) is 4.79 Å². The van der Waals surface area contributed by atoms with Crippen molar-refractivity contribution in [2.24, 2.45) is 0 Å². The summed E-state index contributed by atoms with van der Waals surface area (Å²) < 4.78 is 7.41. The molecular formula is C21H21N5O2. The van der Waals surface area contributed by atoms with Crippen molar-refractivity contribution in [3.8, 4) is 17.5 Å². The van der Waals surface area contributed by atoms with Gasteiger partial charge in [0.05, 0.1) is 23.4 Å². The average molecular weight is 375 g/mol. The Bertz CT molecular complexity index is 977. The van der Waals surface area contributed by atoms with Crippen LogP contribution in [0.1, 0.15) is 31.0 Å². The highest BCUT2D eigenvalue weighted by atomic mass is 16.5. The van der Waals surface area contributed by atoms with Crippen LogP contribution >= 0.6 is 0 Å². The first kappa shape index (κ1) is 19.1. The van der Waals surface area contributed by atoms with Crippen molar-refractivity contribution in [2.75, 3.05) is 7.05 Å². The summed E-state index contributed by atoms with van der Waals surface area (Å²) in [4.78, 5) is 18.4. The molecule has 0 aliphatic carbocycles. The fraction of sp³-hybridized carbons (Fsp3) is 0.238. The van der Waals surface area contributed by atoms with E-state index in [4.69, 9.17) is 10.00 Å². The molecule has 7 nitrogen and oxygen atoms in total. The third-order valence-electron chi connectivity index (χ3n) is 4.61. The molecule has 0 fully saturated rings. The van der Waals surface area contributed by atoms with Gasteiger partial charge in [0.15, 0.2) is 6.10 Å². The molecule has 1 amide bonds. The van der Waals surface area contributed by atoms with Gasteiger partial charge < -0.3 is 9.64 Å². The van der Waals surface area contributed by atoms with E-state index in [1.807, 2.05) is 31.2 Å². The molecule has 0 saturated carbocycles. The van der Waals surface area contributed by atoms with Gasteiger partial charge in [0, 0.05) is 7.05 Å². The van der Waals surface area contributed by atoms with Crippen molar-refractivity contribution in [1.29, 1.82) is 5.26 Å². The van der Waals surface area contributed by atoms with E-state index in [2.05, 4.69) is 16.2 Å². The second-order valence-corrected chi connectivity index (χ2v) is 6.46. The lowest BCUT2D eigenvalue weighted by molar-refractivity contribution is -0.138. The maximum atomic E-state index is 12.8. The Kier molecular flexibility index (Phi) is 5.70. The summed E-state index contributed by atoms with van der Waals surface area (Å²) in [6.07, 6.45) is 2.45. The molecule has 3 aromatic rings. The van der Waals surface area contributed by atoms with Crippen LogP contribution in [0, 0.1) is 11.3 Å². The second-order valence-electron chi connectivity index (χ2n) is 6.46. The zero-order valence-electron chi connectivity index (χ0n) is 16.0. The lowest BCUT2D eigenvalue weighted by Gasteiger charge is -2.28. The van der Waals surface area contributed by atoms with E-state index >= 15 is 0 Å². The van der Waals surface area contributed by atoms with Gasteiger partial charge in [-0.25, -0.2) is 9.67 Å². The van der Waals surface area contributed by atoms with Crippen LogP contribution in [0.3, 0.4) is 0 Å². The normalized spacial score (nSPS) is 12.6. The van der Waals surface area contributed by atoms with Gasteiger partial charge in [0.1, 0.15) is 18.4 Å². The Morgan fingerprint density at radius 2 is 1.96 bits per heavy atom. The molecule has 0 spiro atoms. The van der Waals surface area contributed by atoms with Crippen LogP contribution in [-0.4, -0.2) is 38.7 Å². The van der Waals surface area contributed by atoms with E-state index in [9.17, 15) is 4.79 Å². The van der Waals surface area contributed by atoms with Crippen LogP contribution in [0.4, 0.5) is 0 Å². The van der Waals surface area contributed by atoms with E-state index in [0.29, 0.717) is 11.3 Å². The lowest BCUT2D eigenvalue weighted by Crippen LogP contribution is -2.39. The molecule has 0 bridgehead atoms. The molecule has 7 heteroatoms. The van der Waals surface area contributed by atoms with Gasteiger partial charge >= 0.3 is 0 Å². The van der Waals surface area contributed by atoms with Crippen LogP contribution in [0.2, 0.25) is 0 Å². The molecule has 0 aliphatic rings. The highest BCUT2D eigenvalue weighted by Crippen LogP contribution is 2.22. The quantitative estimate of drug-likeness (QED) is 0.661. The molecule has 1 heterocycles. The number of benzene rings is 2. The van der Waals surface area contributed by atoms with Crippen molar-refractivity contribution in [3.05, 3.63) is 72.3 Å². The highest BCUT2D eigenvalue weighted by Gasteiger charge is 2.24. The summed E-state index contributed by atoms with van der Waals surface area (Å²) in [5.74, 6) is 0.355. The summed E-state index contributed by atoms with van der Waals surface area (Å²) in [5.41, 5.74) is 2.39. The molecule has 3 rings (SSSR count). The second kappa shape index (κ2) is 8.35. The molecule has 1 aromatic heterocycles. The molecule has 28 heavy (non-hydrogen) atoms. The summed E-state index contributed by atoms with van der Waals surface area (Å²) in [5, 5.41) is 13.1. The highest BCUT2D eigenvalue weighted by molar-refractivity contribution is 5.81. The first-order valence-corrected chi connectivity index (χ1v) is 8.88. The Hall–Kier alpha value is -3.66. The average Bonchev–Trinajstić information content (AvgIpc) is 3.27. The maximum absolute atomic E-state index is 12.8. The van der Waals surface area contributed by atoms with Crippen molar-refractivity contribution in [2.45, 2.75) is 26.0 Å².